The van der Waals surface area contributed by atoms with Gasteiger partial charge in [0.15, 0.2) is 0 Å². The SMILES string of the molecule is C=C1/C(c2ccccc2OC)=C\C=C/N(c2ccc(-n3c4ccccc4c4ccccc43)cn2)c2ccccc21. The molecule has 7 rings (SSSR count). The van der Waals surface area contributed by atoms with Gasteiger partial charge < -0.3 is 14.2 Å². The van der Waals surface area contributed by atoms with Gasteiger partial charge in [0.2, 0.25) is 0 Å². The number of fused-ring (bicyclic) bond motifs is 4. The Balaban J connectivity index is 1.33. The number of aromatic nitrogens is 2. The summed E-state index contributed by atoms with van der Waals surface area (Å²) in [6, 6.07) is 37.6. The minimum atomic E-state index is 0.820. The largest absolute Gasteiger partial charge is 0.496 e. The van der Waals surface area contributed by atoms with Gasteiger partial charge in [-0.2, -0.15) is 0 Å². The molecule has 1 aliphatic rings. The zero-order chi connectivity index (χ0) is 27.1. The first kappa shape index (κ1) is 23.7. The van der Waals surface area contributed by atoms with Crippen LogP contribution in [0.4, 0.5) is 11.5 Å². The standard InChI is InChI=1S/C36H27N3O/c1-25-27(31-15-6-10-20-35(31)40-2)16-11-23-38(32-17-7-3-12-28(25)32)36-22-21-26(24-37-36)39-33-18-8-4-13-29(33)30-14-5-9-19-34(30)39/h3-24H,1H2,2H3/b23-11-,27-16+. The van der Waals surface area contributed by atoms with Crippen molar-refractivity contribution < 1.29 is 4.74 Å². The van der Waals surface area contributed by atoms with E-state index in [4.69, 9.17) is 9.72 Å². The van der Waals surface area contributed by atoms with Crippen molar-refractivity contribution in [3.05, 3.63) is 151 Å². The van der Waals surface area contributed by atoms with Crippen molar-refractivity contribution in [3.63, 3.8) is 0 Å². The third-order valence-electron chi connectivity index (χ3n) is 7.53. The Labute approximate surface area is 233 Å². The third-order valence-corrected chi connectivity index (χ3v) is 7.53. The molecule has 0 atom stereocenters. The molecular weight excluding hydrogens is 490 g/mol. The number of benzene rings is 4. The summed E-state index contributed by atoms with van der Waals surface area (Å²) in [5, 5.41) is 2.47. The van der Waals surface area contributed by atoms with Crippen molar-refractivity contribution in [1.82, 2.24) is 9.55 Å². The Bertz CT molecular complexity index is 1910. The van der Waals surface area contributed by atoms with E-state index in [0.717, 1.165) is 45.2 Å². The Morgan fingerprint density at radius 2 is 1.35 bits per heavy atom. The second-order valence-corrected chi connectivity index (χ2v) is 9.73. The number of pyridine rings is 1. The highest BCUT2D eigenvalue weighted by atomic mass is 16.5. The fraction of sp³-hybridized carbons (Fsp3) is 0.0278. The molecule has 0 fully saturated rings. The van der Waals surface area contributed by atoms with Crippen molar-refractivity contribution in [2.24, 2.45) is 0 Å². The van der Waals surface area contributed by atoms with Crippen LogP contribution in [0, 0.1) is 0 Å². The molecule has 6 aromatic rings. The van der Waals surface area contributed by atoms with Gasteiger partial charge in [-0.15, -0.1) is 0 Å². The topological polar surface area (TPSA) is 30.3 Å². The van der Waals surface area contributed by atoms with Gasteiger partial charge in [0, 0.05) is 28.1 Å². The molecule has 0 unspecified atom stereocenters. The first-order valence-electron chi connectivity index (χ1n) is 13.3. The monoisotopic (exact) mass is 517 g/mol. The first-order chi connectivity index (χ1) is 19.7. The Hall–Kier alpha value is -5.35. The summed E-state index contributed by atoms with van der Waals surface area (Å²) in [5.41, 5.74) is 8.37. The van der Waals surface area contributed by atoms with Crippen LogP contribution in [0.15, 0.2) is 140 Å². The number of anilines is 2. The molecule has 4 nitrogen and oxygen atoms in total. The number of ether oxygens (including phenoxy) is 1. The number of methoxy groups -OCH3 is 1. The summed E-state index contributed by atoms with van der Waals surface area (Å²) >= 11 is 0. The Kier molecular flexibility index (Phi) is 5.79. The van der Waals surface area contributed by atoms with Crippen LogP contribution < -0.4 is 9.64 Å². The van der Waals surface area contributed by atoms with E-state index in [1.165, 1.54) is 21.8 Å². The predicted octanol–water partition coefficient (Wildman–Crippen LogP) is 8.95. The van der Waals surface area contributed by atoms with Gasteiger partial charge in [-0.3, -0.25) is 0 Å². The minimum Gasteiger partial charge on any atom is -0.496 e. The smallest absolute Gasteiger partial charge is 0.137 e. The summed E-state index contributed by atoms with van der Waals surface area (Å²) in [7, 11) is 1.70. The van der Waals surface area contributed by atoms with Crippen LogP contribution >= 0.6 is 0 Å². The van der Waals surface area contributed by atoms with E-state index in [2.05, 4.69) is 107 Å². The zero-order valence-electron chi connectivity index (χ0n) is 22.2. The Morgan fingerprint density at radius 3 is 2.05 bits per heavy atom. The van der Waals surface area contributed by atoms with E-state index in [1.807, 2.05) is 42.6 Å². The van der Waals surface area contributed by atoms with E-state index < -0.39 is 0 Å². The molecule has 0 saturated heterocycles. The van der Waals surface area contributed by atoms with Crippen LogP contribution in [0.25, 0.3) is 38.6 Å². The summed E-state index contributed by atoms with van der Waals surface area (Å²) < 4.78 is 7.94. The average Bonchev–Trinajstić information content (AvgIpc) is 3.35. The van der Waals surface area contributed by atoms with Gasteiger partial charge >= 0.3 is 0 Å². The number of hydrogen-bond donors (Lipinski definition) is 0. The number of hydrogen-bond acceptors (Lipinski definition) is 3. The highest BCUT2D eigenvalue weighted by molar-refractivity contribution is 6.10. The molecule has 1 aliphatic heterocycles. The molecule has 4 heteroatoms. The van der Waals surface area contributed by atoms with Crippen LogP contribution in [-0.4, -0.2) is 16.7 Å². The lowest BCUT2D eigenvalue weighted by Gasteiger charge is -2.26. The van der Waals surface area contributed by atoms with Gasteiger partial charge in [-0.1, -0.05) is 85.5 Å². The molecule has 4 aromatic carbocycles. The number of para-hydroxylation sites is 4. The zero-order valence-corrected chi connectivity index (χ0v) is 22.2. The molecular formula is C36H27N3O. The second kappa shape index (κ2) is 9.75. The van der Waals surface area contributed by atoms with E-state index in [1.54, 1.807) is 7.11 Å². The maximum absolute atomic E-state index is 5.66. The second-order valence-electron chi connectivity index (χ2n) is 9.73. The van der Waals surface area contributed by atoms with Crippen LogP contribution in [0.1, 0.15) is 11.1 Å². The molecule has 40 heavy (non-hydrogen) atoms. The lowest BCUT2D eigenvalue weighted by atomic mass is 9.90. The predicted molar refractivity (Wildman–Crippen MR) is 166 cm³/mol. The minimum absolute atomic E-state index is 0.820. The van der Waals surface area contributed by atoms with E-state index in [9.17, 15) is 0 Å². The summed E-state index contributed by atoms with van der Waals surface area (Å²) in [4.78, 5) is 7.07. The summed E-state index contributed by atoms with van der Waals surface area (Å²) in [6.07, 6.45) is 8.15. The fourth-order valence-corrected chi connectivity index (χ4v) is 5.66. The van der Waals surface area contributed by atoms with E-state index in [-0.39, 0.29) is 0 Å². The van der Waals surface area contributed by atoms with Gasteiger partial charge in [0.25, 0.3) is 0 Å². The fourth-order valence-electron chi connectivity index (χ4n) is 5.66. The average molecular weight is 518 g/mol. The summed E-state index contributed by atoms with van der Waals surface area (Å²) in [5.74, 6) is 1.65. The molecule has 0 N–H and O–H groups in total. The van der Waals surface area contributed by atoms with Crippen LogP contribution in [-0.2, 0) is 0 Å². The van der Waals surface area contributed by atoms with Crippen LogP contribution in [0.2, 0.25) is 0 Å². The van der Waals surface area contributed by atoms with E-state index >= 15 is 0 Å². The lowest BCUT2D eigenvalue weighted by molar-refractivity contribution is 0.413. The van der Waals surface area contributed by atoms with Gasteiger partial charge in [-0.25, -0.2) is 4.98 Å². The van der Waals surface area contributed by atoms with Crippen molar-refractivity contribution in [2.75, 3.05) is 12.0 Å². The maximum Gasteiger partial charge on any atom is 0.137 e. The van der Waals surface area contributed by atoms with Crippen molar-refractivity contribution in [1.29, 1.82) is 0 Å². The number of nitrogens with zero attached hydrogens (tertiary/aromatic N) is 3. The summed E-state index contributed by atoms with van der Waals surface area (Å²) in [6.45, 7) is 4.52. The van der Waals surface area contributed by atoms with Gasteiger partial charge in [-0.05, 0) is 53.6 Å². The number of rotatable bonds is 4. The molecule has 3 heterocycles. The highest BCUT2D eigenvalue weighted by Crippen LogP contribution is 2.41. The normalized spacial score (nSPS) is 15.3. The molecule has 2 aromatic heterocycles. The van der Waals surface area contributed by atoms with Gasteiger partial charge in [0.05, 0.1) is 35.7 Å². The molecule has 192 valence electrons. The van der Waals surface area contributed by atoms with E-state index in [0.29, 0.717) is 0 Å². The lowest BCUT2D eigenvalue weighted by Crippen LogP contribution is -2.13. The van der Waals surface area contributed by atoms with Gasteiger partial charge in [0.1, 0.15) is 11.6 Å². The van der Waals surface area contributed by atoms with Crippen LogP contribution in [0.3, 0.4) is 0 Å². The molecule has 0 bridgehead atoms. The third kappa shape index (κ3) is 3.81. The molecule has 0 aliphatic carbocycles. The maximum atomic E-state index is 5.66. The van der Waals surface area contributed by atoms with Crippen molar-refractivity contribution in [3.8, 4) is 11.4 Å². The molecule has 0 saturated carbocycles. The quantitative estimate of drug-likeness (QED) is 0.234. The molecule has 0 amide bonds. The van der Waals surface area contributed by atoms with Crippen molar-refractivity contribution >= 4 is 44.5 Å². The molecule has 0 spiro atoms. The highest BCUT2D eigenvalue weighted by Gasteiger charge is 2.20. The van der Waals surface area contributed by atoms with Crippen LogP contribution in [0.5, 0.6) is 5.75 Å². The van der Waals surface area contributed by atoms with Crippen molar-refractivity contribution in [2.45, 2.75) is 0 Å². The first-order valence-corrected chi connectivity index (χ1v) is 13.3. The number of allylic oxidation sites excluding steroid dienone is 4. The molecule has 0 radical (unpaired) electrons. The Morgan fingerprint density at radius 1 is 0.700 bits per heavy atom.